The minimum absolute atomic E-state index is 0.0494. The Morgan fingerprint density at radius 1 is 0.979 bits per heavy atom. The van der Waals surface area contributed by atoms with E-state index in [0.717, 1.165) is 24.8 Å². The number of ether oxygens (including phenoxy) is 2. The van der Waals surface area contributed by atoms with Gasteiger partial charge in [-0.1, -0.05) is 87.6 Å². The van der Waals surface area contributed by atoms with Crippen LogP contribution in [0.4, 0.5) is 0 Å². The van der Waals surface area contributed by atoms with Gasteiger partial charge in [-0.3, -0.25) is 9.59 Å². The normalized spacial score (nSPS) is 17.5. The fraction of sp³-hybridized carbons (Fsp3) is 0.556. The molecule has 0 aromatic heterocycles. The molecule has 3 atom stereocenters. The van der Waals surface area contributed by atoms with Crippen molar-refractivity contribution >= 4 is 57.6 Å². The van der Waals surface area contributed by atoms with Crippen LogP contribution in [0.3, 0.4) is 0 Å². The van der Waals surface area contributed by atoms with Gasteiger partial charge in [0.15, 0.2) is 11.5 Å². The van der Waals surface area contributed by atoms with E-state index in [1.807, 2.05) is 0 Å². The molecule has 3 unspecified atom stereocenters. The highest BCUT2D eigenvalue weighted by molar-refractivity contribution is 14.1. The number of carbonyl (C=O) groups is 2. The molecule has 0 saturated carbocycles. The Kier molecular flexibility index (Phi) is 17.8. The lowest BCUT2D eigenvalue weighted by atomic mass is 9.87. The second-order valence-corrected chi connectivity index (χ2v) is 14.1. The minimum atomic E-state index is -1.22. The van der Waals surface area contributed by atoms with Gasteiger partial charge in [0, 0.05) is 31.5 Å². The Morgan fingerprint density at radius 3 is 2.29 bits per heavy atom. The van der Waals surface area contributed by atoms with Crippen molar-refractivity contribution < 1.29 is 34.4 Å². The summed E-state index contributed by atoms with van der Waals surface area (Å²) in [5.41, 5.74) is 1.67. The molecule has 3 rings (SSSR count). The third-order valence-electron chi connectivity index (χ3n) is 8.49. The average molecular weight is 820 g/mol. The van der Waals surface area contributed by atoms with Crippen molar-refractivity contribution in [1.82, 2.24) is 10.2 Å². The predicted molar refractivity (Wildman–Crippen MR) is 197 cm³/mol. The summed E-state index contributed by atoms with van der Waals surface area (Å²) < 4.78 is 12.5. The first-order chi connectivity index (χ1) is 23.1. The second kappa shape index (κ2) is 21.2. The first kappa shape index (κ1) is 40.3. The van der Waals surface area contributed by atoms with Gasteiger partial charge in [-0.15, -0.1) is 0 Å². The molecule has 0 bridgehead atoms. The van der Waals surface area contributed by atoms with Crippen LogP contribution in [0.15, 0.2) is 42.0 Å². The molecule has 0 radical (unpaired) electrons. The van der Waals surface area contributed by atoms with E-state index in [0.29, 0.717) is 42.7 Å². The first-order valence-corrected chi connectivity index (χ1v) is 18.6. The quantitative estimate of drug-likeness (QED) is 0.0841. The van der Waals surface area contributed by atoms with Crippen LogP contribution in [0.2, 0.25) is 10.0 Å². The molecule has 12 heteroatoms. The Labute approximate surface area is 308 Å². The number of hydrogen-bond donors (Lipinski definition) is 4. The number of halogens is 3. The van der Waals surface area contributed by atoms with Gasteiger partial charge in [-0.2, -0.15) is 0 Å². The lowest BCUT2D eigenvalue weighted by molar-refractivity contribution is -0.139. The van der Waals surface area contributed by atoms with Gasteiger partial charge in [0.2, 0.25) is 11.8 Å². The van der Waals surface area contributed by atoms with Gasteiger partial charge < -0.3 is 35.0 Å². The number of rotatable bonds is 20. The largest absolute Gasteiger partial charge is 0.493 e. The van der Waals surface area contributed by atoms with Crippen LogP contribution in [0.1, 0.15) is 88.7 Å². The van der Waals surface area contributed by atoms with Crippen LogP contribution >= 0.6 is 45.8 Å². The lowest BCUT2D eigenvalue weighted by Crippen LogP contribution is -2.54. The van der Waals surface area contributed by atoms with Crippen molar-refractivity contribution in [3.05, 3.63) is 66.7 Å². The second-order valence-electron chi connectivity index (χ2n) is 12.1. The Hall–Kier alpha value is -2.09. The van der Waals surface area contributed by atoms with Gasteiger partial charge >= 0.3 is 0 Å². The van der Waals surface area contributed by atoms with Crippen molar-refractivity contribution in [1.29, 1.82) is 0 Å². The van der Waals surface area contributed by atoms with E-state index in [1.54, 1.807) is 41.3 Å². The van der Waals surface area contributed by atoms with Gasteiger partial charge in [0.25, 0.3) is 0 Å². The Bertz CT molecular complexity index is 1380. The van der Waals surface area contributed by atoms with Crippen LogP contribution in [-0.4, -0.2) is 70.5 Å². The lowest BCUT2D eigenvalue weighted by Gasteiger charge is -2.41. The highest BCUT2D eigenvalue weighted by Gasteiger charge is 2.41. The summed E-state index contributed by atoms with van der Waals surface area (Å²) in [6.07, 6.45) is 9.71. The smallest absolute Gasteiger partial charge is 0.247 e. The van der Waals surface area contributed by atoms with Crippen LogP contribution < -0.4 is 14.8 Å². The predicted octanol–water partition coefficient (Wildman–Crippen LogP) is 6.96. The molecular formula is C36H49Cl2IN2O7. The summed E-state index contributed by atoms with van der Waals surface area (Å²) in [4.78, 5) is 28.9. The monoisotopic (exact) mass is 818 g/mol. The molecule has 1 aliphatic carbocycles. The van der Waals surface area contributed by atoms with Crippen LogP contribution in [0.5, 0.6) is 11.5 Å². The molecule has 9 nitrogen and oxygen atoms in total. The van der Waals surface area contributed by atoms with Crippen molar-refractivity contribution in [3.8, 4) is 11.5 Å². The molecule has 0 heterocycles. The summed E-state index contributed by atoms with van der Waals surface area (Å²) in [5, 5.41) is 34.3. The van der Waals surface area contributed by atoms with Crippen LogP contribution in [0.25, 0.3) is 0 Å². The van der Waals surface area contributed by atoms with Gasteiger partial charge in [0.1, 0.15) is 12.2 Å². The molecule has 1 aliphatic rings. The summed E-state index contributed by atoms with van der Waals surface area (Å²) in [6, 6.07) is 7.73. The number of carbonyl (C=O) groups excluding carboxylic acids is 2. The van der Waals surface area contributed by atoms with Crippen LogP contribution in [-0.2, 0) is 22.7 Å². The van der Waals surface area contributed by atoms with Crippen molar-refractivity contribution in [3.63, 3.8) is 0 Å². The molecule has 2 aromatic carbocycles. The zero-order chi connectivity index (χ0) is 35.1. The Morgan fingerprint density at radius 2 is 1.67 bits per heavy atom. The standard InChI is InChI=1S/C36H49Cl2IN2O7/c1-3-4-5-6-7-8-9-10-11-12-33(44)41(22-24-13-14-27(37)28(38)17-24)30-20-26(36(46)40-15-16-42)21-31(34(30)45)48-35-29(39)18-25(23-43)19-32(35)47-2/h13-14,17-19,21,30-31,34,42-43,45H,3-12,15-16,20,22-23H2,1-2H3,(H,40,46). The van der Waals surface area contributed by atoms with E-state index in [4.69, 9.17) is 32.7 Å². The number of nitrogens with zero attached hydrogens (tertiary/aromatic N) is 1. The number of amides is 2. The topological polar surface area (TPSA) is 129 Å². The molecule has 48 heavy (non-hydrogen) atoms. The molecular weight excluding hydrogens is 770 g/mol. The van der Waals surface area contributed by atoms with Crippen molar-refractivity contribution in [2.24, 2.45) is 0 Å². The fourth-order valence-corrected chi connectivity index (χ4v) is 6.96. The molecule has 0 saturated heterocycles. The zero-order valence-electron chi connectivity index (χ0n) is 27.9. The number of hydrogen-bond acceptors (Lipinski definition) is 7. The molecule has 2 aromatic rings. The van der Waals surface area contributed by atoms with Crippen molar-refractivity contribution in [2.75, 3.05) is 20.3 Å². The fourth-order valence-electron chi connectivity index (χ4n) is 5.85. The van der Waals surface area contributed by atoms with E-state index >= 15 is 0 Å². The maximum atomic E-state index is 14.0. The SMILES string of the molecule is CCCCCCCCCCCC(=O)N(Cc1ccc(Cl)c(Cl)c1)C1CC(C(=O)NCCO)=CC(Oc2c(I)cc(CO)cc2OC)C1O. The molecule has 4 N–H and O–H groups in total. The maximum absolute atomic E-state index is 14.0. The van der Waals surface area contributed by atoms with Gasteiger partial charge in [-0.05, 0) is 70.5 Å². The summed E-state index contributed by atoms with van der Waals surface area (Å²) in [7, 11) is 1.48. The number of aliphatic hydroxyl groups excluding tert-OH is 3. The number of benzene rings is 2. The first-order valence-electron chi connectivity index (χ1n) is 16.8. The maximum Gasteiger partial charge on any atom is 0.247 e. The van der Waals surface area contributed by atoms with E-state index in [2.05, 4.69) is 34.8 Å². The number of unbranched alkanes of at least 4 members (excludes halogenated alkanes) is 8. The molecule has 266 valence electrons. The Balaban J connectivity index is 1.90. The highest BCUT2D eigenvalue weighted by atomic mass is 127. The summed E-state index contributed by atoms with van der Waals surface area (Å²) in [5.74, 6) is 0.119. The third-order valence-corrected chi connectivity index (χ3v) is 10.0. The average Bonchev–Trinajstić information content (AvgIpc) is 3.08. The van der Waals surface area contributed by atoms with E-state index < -0.39 is 24.2 Å². The summed E-state index contributed by atoms with van der Waals surface area (Å²) in [6.45, 7) is 1.96. The third kappa shape index (κ3) is 12.1. The molecule has 2 amide bonds. The van der Waals surface area contributed by atoms with E-state index in [-0.39, 0.29) is 45.1 Å². The number of aliphatic hydroxyl groups is 3. The minimum Gasteiger partial charge on any atom is -0.493 e. The summed E-state index contributed by atoms with van der Waals surface area (Å²) >= 11 is 14.6. The van der Waals surface area contributed by atoms with Crippen molar-refractivity contribution in [2.45, 2.75) is 109 Å². The molecule has 0 fully saturated rings. The van der Waals surface area contributed by atoms with Gasteiger partial charge in [0.05, 0.1) is 40.0 Å². The molecule has 0 aliphatic heterocycles. The highest BCUT2D eigenvalue weighted by Crippen LogP contribution is 2.37. The van der Waals surface area contributed by atoms with E-state index in [1.165, 1.54) is 39.2 Å². The van der Waals surface area contributed by atoms with Gasteiger partial charge in [-0.25, -0.2) is 0 Å². The number of nitrogens with one attached hydrogen (secondary N) is 1. The van der Waals surface area contributed by atoms with Crippen LogP contribution in [0, 0.1) is 3.57 Å². The number of methoxy groups -OCH3 is 1. The molecule has 0 spiro atoms. The van der Waals surface area contributed by atoms with E-state index in [9.17, 15) is 24.9 Å². The zero-order valence-corrected chi connectivity index (χ0v) is 31.5.